The van der Waals surface area contributed by atoms with Crippen molar-refractivity contribution in [3.63, 3.8) is 0 Å². The highest BCUT2D eigenvalue weighted by Crippen LogP contribution is 2.17. The van der Waals surface area contributed by atoms with Gasteiger partial charge in [-0.3, -0.25) is 4.79 Å². The van der Waals surface area contributed by atoms with Gasteiger partial charge >= 0.3 is 0 Å². The summed E-state index contributed by atoms with van der Waals surface area (Å²) in [6.45, 7) is 0.601. The van der Waals surface area contributed by atoms with Gasteiger partial charge in [-0.25, -0.2) is 10.8 Å². The Morgan fingerprint density at radius 1 is 1.33 bits per heavy atom. The third-order valence-electron chi connectivity index (χ3n) is 3.01. The molecule has 6 nitrogen and oxygen atoms in total. The molecule has 2 aromatic rings. The van der Waals surface area contributed by atoms with Crippen LogP contribution in [0.2, 0.25) is 0 Å². The van der Waals surface area contributed by atoms with E-state index >= 15 is 0 Å². The number of amides is 1. The van der Waals surface area contributed by atoms with Gasteiger partial charge in [0.05, 0.1) is 6.61 Å². The van der Waals surface area contributed by atoms with Crippen LogP contribution in [0.1, 0.15) is 15.9 Å². The molecule has 0 atom stereocenters. The van der Waals surface area contributed by atoms with Crippen LogP contribution in [0.4, 0.5) is 11.5 Å². The molecule has 0 saturated carbocycles. The molecule has 0 radical (unpaired) electrons. The Bertz CT molecular complexity index is 616. The van der Waals surface area contributed by atoms with Crippen molar-refractivity contribution in [3.05, 3.63) is 53.7 Å². The topological polar surface area (TPSA) is 89.3 Å². The smallest absolute Gasteiger partial charge is 0.255 e. The number of aromatic nitrogens is 1. The Kier molecular flexibility index (Phi) is 5.25. The SMILES string of the molecule is COCCc1ccccc1NC(=O)c1ccnc(NN)c1. The average Bonchev–Trinajstić information content (AvgIpc) is 2.54. The number of rotatable bonds is 6. The zero-order valence-electron chi connectivity index (χ0n) is 11.8. The van der Waals surface area contributed by atoms with Crippen LogP contribution in [0.15, 0.2) is 42.6 Å². The molecule has 6 heteroatoms. The summed E-state index contributed by atoms with van der Waals surface area (Å²) in [6.07, 6.45) is 2.26. The number of methoxy groups -OCH3 is 1. The molecular weight excluding hydrogens is 268 g/mol. The summed E-state index contributed by atoms with van der Waals surface area (Å²) in [6, 6.07) is 10.9. The number of carbonyl (C=O) groups excluding carboxylic acids is 1. The van der Waals surface area contributed by atoms with Crippen molar-refractivity contribution in [2.75, 3.05) is 24.5 Å². The summed E-state index contributed by atoms with van der Waals surface area (Å²) in [5.74, 6) is 5.52. The highest BCUT2D eigenvalue weighted by molar-refractivity contribution is 6.05. The number of pyridine rings is 1. The van der Waals surface area contributed by atoms with Gasteiger partial charge in [0, 0.05) is 24.6 Å². The number of hydrazine groups is 1. The molecule has 0 aliphatic carbocycles. The summed E-state index contributed by atoms with van der Waals surface area (Å²) in [7, 11) is 1.65. The van der Waals surface area contributed by atoms with E-state index in [9.17, 15) is 4.79 Å². The number of hydrogen-bond acceptors (Lipinski definition) is 5. The minimum absolute atomic E-state index is 0.209. The second kappa shape index (κ2) is 7.37. The number of nitrogen functional groups attached to an aromatic ring is 1. The molecule has 0 fully saturated rings. The van der Waals surface area contributed by atoms with Crippen molar-refractivity contribution in [2.24, 2.45) is 5.84 Å². The Hall–Kier alpha value is -2.44. The number of nitrogens with zero attached hydrogens (tertiary/aromatic N) is 1. The van der Waals surface area contributed by atoms with E-state index < -0.39 is 0 Å². The summed E-state index contributed by atoms with van der Waals surface area (Å²) in [5.41, 5.74) is 4.71. The van der Waals surface area contributed by atoms with Crippen LogP contribution in [0.3, 0.4) is 0 Å². The molecule has 4 N–H and O–H groups in total. The van der Waals surface area contributed by atoms with Crippen molar-refractivity contribution in [2.45, 2.75) is 6.42 Å². The largest absolute Gasteiger partial charge is 0.384 e. The monoisotopic (exact) mass is 286 g/mol. The van der Waals surface area contributed by atoms with Crippen LogP contribution in [-0.2, 0) is 11.2 Å². The lowest BCUT2D eigenvalue weighted by molar-refractivity contribution is 0.102. The molecule has 0 aliphatic rings. The van der Waals surface area contributed by atoms with E-state index in [0.717, 1.165) is 17.7 Å². The molecule has 1 aromatic heterocycles. The number of ether oxygens (including phenoxy) is 1. The van der Waals surface area contributed by atoms with Crippen LogP contribution in [0, 0.1) is 0 Å². The fourth-order valence-electron chi connectivity index (χ4n) is 1.92. The van der Waals surface area contributed by atoms with Crippen molar-refractivity contribution < 1.29 is 9.53 Å². The van der Waals surface area contributed by atoms with Crippen molar-refractivity contribution >= 4 is 17.4 Å². The van der Waals surface area contributed by atoms with E-state index in [0.29, 0.717) is 18.0 Å². The predicted molar refractivity (Wildman–Crippen MR) is 82.0 cm³/mol. The number of nitrogens with two attached hydrogens (primary N) is 1. The molecule has 0 saturated heterocycles. The molecule has 110 valence electrons. The second-order valence-electron chi connectivity index (χ2n) is 4.43. The van der Waals surface area contributed by atoms with Crippen LogP contribution in [-0.4, -0.2) is 24.6 Å². The number of hydrogen-bond donors (Lipinski definition) is 3. The Balaban J connectivity index is 2.15. The van der Waals surface area contributed by atoms with Crippen LogP contribution in [0.5, 0.6) is 0 Å². The molecule has 2 rings (SSSR count). The first kappa shape index (κ1) is 15.0. The van der Waals surface area contributed by atoms with E-state index in [2.05, 4.69) is 15.7 Å². The van der Waals surface area contributed by atoms with Gasteiger partial charge in [0.15, 0.2) is 0 Å². The number of para-hydroxylation sites is 1. The number of anilines is 2. The van der Waals surface area contributed by atoms with Crippen molar-refractivity contribution in [1.82, 2.24) is 4.98 Å². The lowest BCUT2D eigenvalue weighted by atomic mass is 10.1. The molecular formula is C15H18N4O2. The maximum atomic E-state index is 12.3. The minimum atomic E-state index is -0.209. The lowest BCUT2D eigenvalue weighted by Crippen LogP contribution is -2.15. The minimum Gasteiger partial charge on any atom is -0.384 e. The van der Waals surface area contributed by atoms with Crippen molar-refractivity contribution in [1.29, 1.82) is 0 Å². The van der Waals surface area contributed by atoms with Crippen LogP contribution < -0.4 is 16.6 Å². The van der Waals surface area contributed by atoms with Gasteiger partial charge in [0.2, 0.25) is 0 Å². The van der Waals surface area contributed by atoms with Crippen LogP contribution >= 0.6 is 0 Å². The zero-order chi connectivity index (χ0) is 15.1. The Labute approximate surface area is 123 Å². The zero-order valence-corrected chi connectivity index (χ0v) is 11.8. The molecule has 1 aromatic carbocycles. The number of benzene rings is 1. The highest BCUT2D eigenvalue weighted by atomic mass is 16.5. The second-order valence-corrected chi connectivity index (χ2v) is 4.43. The molecule has 0 unspecified atom stereocenters. The quantitative estimate of drug-likeness (QED) is 0.556. The maximum absolute atomic E-state index is 12.3. The van der Waals surface area contributed by atoms with Gasteiger partial charge in [-0.1, -0.05) is 18.2 Å². The third kappa shape index (κ3) is 4.01. The molecule has 21 heavy (non-hydrogen) atoms. The van der Waals surface area contributed by atoms with Crippen molar-refractivity contribution in [3.8, 4) is 0 Å². The standard InChI is InChI=1S/C15H18N4O2/c1-21-9-7-11-4-2-3-5-13(11)18-15(20)12-6-8-17-14(10-12)19-16/h2-6,8,10H,7,9,16H2,1H3,(H,17,19)(H,18,20). The van der Waals surface area contributed by atoms with Gasteiger partial charge in [0.25, 0.3) is 5.91 Å². The molecule has 1 amide bonds. The van der Waals surface area contributed by atoms with Gasteiger partial charge in [-0.15, -0.1) is 0 Å². The Morgan fingerprint density at radius 2 is 2.14 bits per heavy atom. The molecule has 0 spiro atoms. The lowest BCUT2D eigenvalue weighted by Gasteiger charge is -2.11. The van der Waals surface area contributed by atoms with Gasteiger partial charge in [0.1, 0.15) is 5.82 Å². The van der Waals surface area contributed by atoms with Gasteiger partial charge < -0.3 is 15.5 Å². The van der Waals surface area contributed by atoms with E-state index in [-0.39, 0.29) is 5.91 Å². The van der Waals surface area contributed by atoms with E-state index in [1.165, 1.54) is 6.20 Å². The third-order valence-corrected chi connectivity index (χ3v) is 3.01. The number of nitrogens with one attached hydrogen (secondary N) is 2. The first-order valence-electron chi connectivity index (χ1n) is 6.55. The van der Waals surface area contributed by atoms with E-state index in [1.54, 1.807) is 19.2 Å². The molecule has 0 bridgehead atoms. The highest BCUT2D eigenvalue weighted by Gasteiger charge is 2.09. The summed E-state index contributed by atoms with van der Waals surface area (Å²) >= 11 is 0. The molecule has 0 aliphatic heterocycles. The number of carbonyl (C=O) groups is 1. The molecule has 1 heterocycles. The van der Waals surface area contributed by atoms with E-state index in [4.69, 9.17) is 10.6 Å². The van der Waals surface area contributed by atoms with E-state index in [1.807, 2.05) is 24.3 Å². The van der Waals surface area contributed by atoms with Gasteiger partial charge in [-0.2, -0.15) is 0 Å². The first-order valence-corrected chi connectivity index (χ1v) is 6.55. The first-order chi connectivity index (χ1) is 10.2. The summed E-state index contributed by atoms with van der Waals surface area (Å²) < 4.78 is 5.08. The fraction of sp³-hybridized carbons (Fsp3) is 0.200. The average molecular weight is 286 g/mol. The predicted octanol–water partition coefficient (Wildman–Crippen LogP) is 1.81. The fourth-order valence-corrected chi connectivity index (χ4v) is 1.92. The normalized spacial score (nSPS) is 10.2. The Morgan fingerprint density at radius 3 is 2.90 bits per heavy atom. The van der Waals surface area contributed by atoms with Gasteiger partial charge in [-0.05, 0) is 30.2 Å². The van der Waals surface area contributed by atoms with Crippen LogP contribution in [0.25, 0.3) is 0 Å². The summed E-state index contributed by atoms with van der Waals surface area (Å²) in [5, 5.41) is 2.90. The summed E-state index contributed by atoms with van der Waals surface area (Å²) in [4.78, 5) is 16.2. The maximum Gasteiger partial charge on any atom is 0.255 e.